The Bertz CT molecular complexity index is 702. The van der Waals surface area contributed by atoms with Gasteiger partial charge in [0.15, 0.2) is 0 Å². The Morgan fingerprint density at radius 3 is 2.74 bits per heavy atom. The summed E-state index contributed by atoms with van der Waals surface area (Å²) in [5.74, 6) is 0. The third-order valence-electron chi connectivity index (χ3n) is 3.20. The molecular weight excluding hydrogens is 238 g/mol. The van der Waals surface area contributed by atoms with Crippen LogP contribution in [0.2, 0.25) is 0 Å². The van der Waals surface area contributed by atoms with Gasteiger partial charge in [-0.05, 0) is 30.7 Å². The lowest BCUT2D eigenvalue weighted by Crippen LogP contribution is -2.02. The quantitative estimate of drug-likeness (QED) is 0.768. The van der Waals surface area contributed by atoms with E-state index in [-0.39, 0.29) is 0 Å². The molecule has 0 amide bonds. The van der Waals surface area contributed by atoms with Gasteiger partial charge in [-0.3, -0.25) is 4.98 Å². The number of hydrogen-bond donors (Lipinski definition) is 1. The van der Waals surface area contributed by atoms with E-state index < -0.39 is 0 Å². The maximum atomic E-state index is 5.69. The predicted octanol–water partition coefficient (Wildman–Crippen LogP) is 1.53. The van der Waals surface area contributed by atoms with Gasteiger partial charge < -0.3 is 10.3 Å². The molecule has 96 valence electrons. The second-order valence-electron chi connectivity index (χ2n) is 4.46. The molecule has 0 spiro atoms. The summed E-state index contributed by atoms with van der Waals surface area (Å²) < 4.78 is 2.02. The maximum Gasteiger partial charge on any atom is 0.143 e. The van der Waals surface area contributed by atoms with E-state index in [9.17, 15) is 0 Å². The lowest BCUT2D eigenvalue weighted by atomic mass is 10.1. The van der Waals surface area contributed by atoms with Crippen LogP contribution in [0.4, 0.5) is 0 Å². The van der Waals surface area contributed by atoms with E-state index in [1.807, 2.05) is 23.7 Å². The van der Waals surface area contributed by atoms with Gasteiger partial charge in [0.25, 0.3) is 0 Å². The molecule has 0 radical (unpaired) electrons. The minimum Gasteiger partial charge on any atom is -0.335 e. The SMILES string of the molecule is Cn1cc(CCN)c2c(-c3ccncc3)ncnc21. The zero-order chi connectivity index (χ0) is 13.2. The lowest BCUT2D eigenvalue weighted by Gasteiger charge is -2.04. The van der Waals surface area contributed by atoms with Crippen molar-refractivity contribution in [3.05, 3.63) is 42.6 Å². The topological polar surface area (TPSA) is 69.6 Å². The summed E-state index contributed by atoms with van der Waals surface area (Å²) in [6.07, 6.45) is 8.05. The molecule has 0 atom stereocenters. The average molecular weight is 253 g/mol. The molecular formula is C14H15N5. The first-order chi connectivity index (χ1) is 9.31. The van der Waals surface area contributed by atoms with Crippen LogP contribution in [0, 0.1) is 0 Å². The molecule has 0 aliphatic rings. The minimum absolute atomic E-state index is 0.615. The molecule has 0 aliphatic carbocycles. The number of aryl methyl sites for hydroxylation is 1. The van der Waals surface area contributed by atoms with Gasteiger partial charge >= 0.3 is 0 Å². The Kier molecular flexibility index (Phi) is 2.97. The zero-order valence-electron chi connectivity index (χ0n) is 10.7. The molecule has 19 heavy (non-hydrogen) atoms. The van der Waals surface area contributed by atoms with Crippen molar-refractivity contribution in [1.29, 1.82) is 0 Å². The highest BCUT2D eigenvalue weighted by molar-refractivity contribution is 5.93. The molecule has 0 bridgehead atoms. The Hall–Kier alpha value is -2.27. The van der Waals surface area contributed by atoms with Gasteiger partial charge in [-0.15, -0.1) is 0 Å². The first-order valence-corrected chi connectivity index (χ1v) is 6.20. The molecule has 0 fully saturated rings. The predicted molar refractivity (Wildman–Crippen MR) is 74.5 cm³/mol. The highest BCUT2D eigenvalue weighted by Gasteiger charge is 2.13. The van der Waals surface area contributed by atoms with Gasteiger partial charge in [0.2, 0.25) is 0 Å². The summed E-state index contributed by atoms with van der Waals surface area (Å²) in [6.45, 7) is 0.615. The summed E-state index contributed by atoms with van der Waals surface area (Å²) >= 11 is 0. The normalized spacial score (nSPS) is 11.1. The number of nitrogens with zero attached hydrogens (tertiary/aromatic N) is 4. The molecule has 0 saturated heterocycles. The second-order valence-corrected chi connectivity index (χ2v) is 4.46. The number of rotatable bonds is 3. The van der Waals surface area contributed by atoms with Crippen LogP contribution in [0.5, 0.6) is 0 Å². The number of aromatic nitrogens is 4. The molecule has 0 aromatic carbocycles. The first-order valence-electron chi connectivity index (χ1n) is 6.20. The monoisotopic (exact) mass is 253 g/mol. The van der Waals surface area contributed by atoms with Crippen LogP contribution >= 0.6 is 0 Å². The van der Waals surface area contributed by atoms with Crippen LogP contribution in [0.3, 0.4) is 0 Å². The molecule has 3 aromatic rings. The van der Waals surface area contributed by atoms with Crippen LogP contribution < -0.4 is 5.73 Å². The standard InChI is InChI=1S/C14H15N5/c1-19-8-11(2-5-15)12-13(17-9-18-14(12)19)10-3-6-16-7-4-10/h3-4,6-9H,2,5,15H2,1H3. The summed E-state index contributed by atoms with van der Waals surface area (Å²) in [5, 5.41) is 1.08. The van der Waals surface area contributed by atoms with Crippen LogP contribution in [0.25, 0.3) is 22.3 Å². The van der Waals surface area contributed by atoms with Crippen molar-refractivity contribution in [2.75, 3.05) is 6.54 Å². The van der Waals surface area contributed by atoms with Crippen LogP contribution in [0.15, 0.2) is 37.1 Å². The summed E-state index contributed by atoms with van der Waals surface area (Å²) in [7, 11) is 1.99. The largest absolute Gasteiger partial charge is 0.335 e. The molecule has 3 aromatic heterocycles. The fraction of sp³-hybridized carbons (Fsp3) is 0.214. The second kappa shape index (κ2) is 4.78. The fourth-order valence-electron chi connectivity index (χ4n) is 2.37. The summed E-state index contributed by atoms with van der Waals surface area (Å²) in [5.41, 5.74) is 9.80. The Morgan fingerprint density at radius 2 is 2.00 bits per heavy atom. The van der Waals surface area contributed by atoms with Gasteiger partial charge in [-0.2, -0.15) is 0 Å². The van der Waals surface area contributed by atoms with Crippen molar-refractivity contribution < 1.29 is 0 Å². The third-order valence-corrected chi connectivity index (χ3v) is 3.20. The first kappa shape index (κ1) is 11.8. The molecule has 0 saturated carbocycles. The van der Waals surface area contributed by atoms with E-state index in [1.165, 1.54) is 5.56 Å². The number of nitrogens with two attached hydrogens (primary N) is 1. The molecule has 3 heterocycles. The van der Waals surface area contributed by atoms with Crippen molar-refractivity contribution in [1.82, 2.24) is 19.5 Å². The van der Waals surface area contributed by atoms with Gasteiger partial charge in [0.05, 0.1) is 5.69 Å². The zero-order valence-corrected chi connectivity index (χ0v) is 10.7. The van der Waals surface area contributed by atoms with Gasteiger partial charge in [-0.25, -0.2) is 9.97 Å². The lowest BCUT2D eigenvalue weighted by molar-refractivity contribution is 0.918. The number of pyridine rings is 1. The van der Waals surface area contributed by atoms with E-state index >= 15 is 0 Å². The molecule has 5 heteroatoms. The number of fused-ring (bicyclic) bond motifs is 1. The summed E-state index contributed by atoms with van der Waals surface area (Å²) in [4.78, 5) is 12.9. The molecule has 5 nitrogen and oxygen atoms in total. The molecule has 0 aliphatic heterocycles. The van der Waals surface area contributed by atoms with Gasteiger partial charge in [0, 0.05) is 36.6 Å². The van der Waals surface area contributed by atoms with E-state index in [0.717, 1.165) is 28.7 Å². The smallest absolute Gasteiger partial charge is 0.143 e. The van der Waals surface area contributed by atoms with Gasteiger partial charge in [0.1, 0.15) is 12.0 Å². The Morgan fingerprint density at radius 1 is 1.21 bits per heavy atom. The molecule has 0 unspecified atom stereocenters. The van der Waals surface area contributed by atoms with Crippen LogP contribution in [0.1, 0.15) is 5.56 Å². The number of hydrogen-bond acceptors (Lipinski definition) is 4. The van der Waals surface area contributed by atoms with Crippen LogP contribution in [-0.2, 0) is 13.5 Å². The Labute approximate surface area is 111 Å². The van der Waals surface area contributed by atoms with Crippen molar-refractivity contribution in [2.24, 2.45) is 12.8 Å². The van der Waals surface area contributed by atoms with E-state index in [1.54, 1.807) is 18.7 Å². The molecule has 2 N–H and O–H groups in total. The summed E-state index contributed by atoms with van der Waals surface area (Å²) in [6, 6.07) is 3.92. The van der Waals surface area contributed by atoms with Gasteiger partial charge in [-0.1, -0.05) is 0 Å². The van der Waals surface area contributed by atoms with E-state index in [4.69, 9.17) is 5.73 Å². The van der Waals surface area contributed by atoms with E-state index in [2.05, 4.69) is 21.1 Å². The minimum atomic E-state index is 0.615. The third kappa shape index (κ3) is 1.98. The fourth-order valence-corrected chi connectivity index (χ4v) is 2.37. The maximum absolute atomic E-state index is 5.69. The highest BCUT2D eigenvalue weighted by atomic mass is 15.0. The van der Waals surface area contributed by atoms with Crippen molar-refractivity contribution in [3.63, 3.8) is 0 Å². The Balaban J connectivity index is 2.30. The average Bonchev–Trinajstić information content (AvgIpc) is 2.77. The van der Waals surface area contributed by atoms with Crippen molar-refractivity contribution >= 4 is 11.0 Å². The van der Waals surface area contributed by atoms with E-state index in [0.29, 0.717) is 6.54 Å². The van der Waals surface area contributed by atoms with Crippen molar-refractivity contribution in [3.8, 4) is 11.3 Å². The van der Waals surface area contributed by atoms with Crippen LogP contribution in [-0.4, -0.2) is 26.1 Å². The van der Waals surface area contributed by atoms with Crippen molar-refractivity contribution in [2.45, 2.75) is 6.42 Å². The highest BCUT2D eigenvalue weighted by Crippen LogP contribution is 2.28. The molecule has 3 rings (SSSR count).